The molecule has 0 aliphatic rings. The molecule has 0 aromatic carbocycles. The SMILES string of the molecule is O=S(=O)(O)OCCOCCOCCOCCOCCI. The van der Waals surface area contributed by atoms with Crippen LogP contribution in [0.15, 0.2) is 0 Å². The highest BCUT2D eigenvalue weighted by atomic mass is 127. The molecule has 20 heavy (non-hydrogen) atoms. The molecule has 0 aliphatic carbocycles. The van der Waals surface area contributed by atoms with Crippen LogP contribution in [0, 0.1) is 0 Å². The van der Waals surface area contributed by atoms with Gasteiger partial charge in [-0.1, -0.05) is 22.6 Å². The first-order chi connectivity index (χ1) is 9.56. The molecule has 0 bridgehead atoms. The third-order valence-electron chi connectivity index (χ3n) is 1.80. The topological polar surface area (TPSA) is 101 Å². The molecule has 0 rings (SSSR count). The summed E-state index contributed by atoms with van der Waals surface area (Å²) in [5.74, 6) is 0. The zero-order valence-electron chi connectivity index (χ0n) is 11.2. The van der Waals surface area contributed by atoms with Crippen molar-refractivity contribution in [2.45, 2.75) is 0 Å². The van der Waals surface area contributed by atoms with Crippen molar-refractivity contribution >= 4 is 33.0 Å². The van der Waals surface area contributed by atoms with Crippen LogP contribution in [0.5, 0.6) is 0 Å². The van der Waals surface area contributed by atoms with Crippen LogP contribution in [0.25, 0.3) is 0 Å². The predicted octanol–water partition coefficient (Wildman–Crippen LogP) is 0.307. The molecule has 122 valence electrons. The average molecular weight is 428 g/mol. The Bertz CT molecular complexity index is 298. The Kier molecular flexibility index (Phi) is 14.7. The number of halogens is 1. The summed E-state index contributed by atoms with van der Waals surface area (Å²) in [6.07, 6.45) is 0. The lowest BCUT2D eigenvalue weighted by Crippen LogP contribution is -2.14. The van der Waals surface area contributed by atoms with Crippen molar-refractivity contribution in [3.05, 3.63) is 0 Å². The van der Waals surface area contributed by atoms with Gasteiger partial charge in [0.25, 0.3) is 0 Å². The Balaban J connectivity index is 3.03. The van der Waals surface area contributed by atoms with Crippen LogP contribution in [0.4, 0.5) is 0 Å². The largest absolute Gasteiger partial charge is 0.397 e. The minimum Gasteiger partial charge on any atom is -0.378 e. The maximum Gasteiger partial charge on any atom is 0.397 e. The maximum atomic E-state index is 10.2. The lowest BCUT2D eigenvalue weighted by atomic mass is 10.7. The molecule has 0 aromatic heterocycles. The molecule has 0 saturated carbocycles. The van der Waals surface area contributed by atoms with Crippen molar-refractivity contribution in [1.29, 1.82) is 0 Å². The number of hydrogen-bond donors (Lipinski definition) is 1. The van der Waals surface area contributed by atoms with Gasteiger partial charge in [0.2, 0.25) is 0 Å². The van der Waals surface area contributed by atoms with Gasteiger partial charge in [-0.2, -0.15) is 8.42 Å². The van der Waals surface area contributed by atoms with Crippen molar-refractivity contribution in [1.82, 2.24) is 0 Å². The Morgan fingerprint density at radius 3 is 1.40 bits per heavy atom. The summed E-state index contributed by atoms with van der Waals surface area (Å²) in [4.78, 5) is 0. The molecule has 10 heteroatoms. The highest BCUT2D eigenvalue weighted by Crippen LogP contribution is 1.87. The van der Waals surface area contributed by atoms with Crippen LogP contribution >= 0.6 is 22.6 Å². The quantitative estimate of drug-likeness (QED) is 0.172. The fourth-order valence-corrected chi connectivity index (χ4v) is 1.60. The molecule has 0 radical (unpaired) electrons. The molecule has 0 spiro atoms. The fourth-order valence-electron chi connectivity index (χ4n) is 1.01. The second-order valence-electron chi connectivity index (χ2n) is 3.39. The van der Waals surface area contributed by atoms with Gasteiger partial charge in [0.15, 0.2) is 0 Å². The summed E-state index contributed by atoms with van der Waals surface area (Å²) in [6.45, 7) is 3.33. The highest BCUT2D eigenvalue weighted by molar-refractivity contribution is 14.1. The molecule has 0 aliphatic heterocycles. The zero-order valence-corrected chi connectivity index (χ0v) is 14.1. The number of rotatable bonds is 15. The van der Waals surface area contributed by atoms with Gasteiger partial charge in [0, 0.05) is 4.43 Å². The van der Waals surface area contributed by atoms with Crippen LogP contribution < -0.4 is 0 Å². The van der Waals surface area contributed by atoms with E-state index in [4.69, 9.17) is 23.5 Å². The smallest absolute Gasteiger partial charge is 0.378 e. The van der Waals surface area contributed by atoms with Crippen molar-refractivity contribution in [2.75, 3.05) is 63.9 Å². The van der Waals surface area contributed by atoms with E-state index in [0.29, 0.717) is 39.6 Å². The van der Waals surface area contributed by atoms with Gasteiger partial charge in [-0.15, -0.1) is 0 Å². The number of alkyl halides is 1. The Labute approximate surface area is 133 Å². The van der Waals surface area contributed by atoms with Crippen LogP contribution in [-0.4, -0.2) is 76.9 Å². The maximum absolute atomic E-state index is 10.2. The fraction of sp³-hybridized carbons (Fsp3) is 1.00. The van der Waals surface area contributed by atoms with Gasteiger partial charge in [-0.05, 0) is 0 Å². The Hall–Kier alpha value is 0.440. The standard InChI is InChI=1S/C10H21IO8S/c11-1-2-15-3-4-16-5-6-17-7-8-18-9-10-19-20(12,13)14/h1-10H2,(H,12,13,14). The van der Waals surface area contributed by atoms with Crippen LogP contribution in [0.2, 0.25) is 0 Å². The molecule has 0 fully saturated rings. The van der Waals surface area contributed by atoms with Crippen molar-refractivity contribution in [2.24, 2.45) is 0 Å². The molecule has 1 N–H and O–H groups in total. The minimum absolute atomic E-state index is 0.0633. The summed E-state index contributed by atoms with van der Waals surface area (Å²) < 4.78 is 54.3. The summed E-state index contributed by atoms with van der Waals surface area (Å²) in [5.41, 5.74) is 0. The van der Waals surface area contributed by atoms with Crippen molar-refractivity contribution < 1.29 is 36.1 Å². The van der Waals surface area contributed by atoms with E-state index < -0.39 is 10.4 Å². The number of hydrogen-bond acceptors (Lipinski definition) is 7. The van der Waals surface area contributed by atoms with Gasteiger partial charge < -0.3 is 18.9 Å². The Morgan fingerprint density at radius 2 is 1.05 bits per heavy atom. The summed E-state index contributed by atoms with van der Waals surface area (Å²) in [6, 6.07) is 0. The van der Waals surface area contributed by atoms with Crippen LogP contribution in [0.3, 0.4) is 0 Å². The molecular formula is C10H21IO8S. The molecule has 0 heterocycles. The van der Waals surface area contributed by atoms with Gasteiger partial charge in [-0.3, -0.25) is 4.55 Å². The van der Waals surface area contributed by atoms with Crippen molar-refractivity contribution in [3.63, 3.8) is 0 Å². The molecule has 0 saturated heterocycles. The first-order valence-electron chi connectivity index (χ1n) is 6.05. The monoisotopic (exact) mass is 428 g/mol. The third kappa shape index (κ3) is 18.4. The van der Waals surface area contributed by atoms with Crippen LogP contribution in [-0.2, 0) is 33.5 Å². The van der Waals surface area contributed by atoms with Gasteiger partial charge in [0.05, 0.1) is 59.5 Å². The second kappa shape index (κ2) is 14.4. The van der Waals surface area contributed by atoms with Crippen LogP contribution in [0.1, 0.15) is 0 Å². The van der Waals surface area contributed by atoms with Gasteiger partial charge in [-0.25, -0.2) is 4.18 Å². The second-order valence-corrected chi connectivity index (χ2v) is 5.56. The first-order valence-corrected chi connectivity index (χ1v) is 8.94. The molecule has 0 amide bonds. The van der Waals surface area contributed by atoms with Crippen molar-refractivity contribution in [3.8, 4) is 0 Å². The lowest BCUT2D eigenvalue weighted by Gasteiger charge is -2.07. The number of ether oxygens (including phenoxy) is 4. The highest BCUT2D eigenvalue weighted by Gasteiger charge is 2.02. The predicted molar refractivity (Wildman–Crippen MR) is 79.7 cm³/mol. The average Bonchev–Trinajstić information content (AvgIpc) is 2.38. The summed E-state index contributed by atoms with van der Waals surface area (Å²) in [7, 11) is -4.38. The normalized spacial score (nSPS) is 11.9. The van der Waals surface area contributed by atoms with Gasteiger partial charge in [0.1, 0.15) is 0 Å². The van der Waals surface area contributed by atoms with E-state index in [1.807, 2.05) is 0 Å². The van der Waals surface area contributed by atoms with E-state index in [0.717, 1.165) is 11.0 Å². The van der Waals surface area contributed by atoms with E-state index in [2.05, 4.69) is 26.8 Å². The zero-order chi connectivity index (χ0) is 15.1. The van der Waals surface area contributed by atoms with Gasteiger partial charge >= 0.3 is 10.4 Å². The first kappa shape index (κ1) is 20.4. The third-order valence-corrected chi connectivity index (χ3v) is 2.70. The lowest BCUT2D eigenvalue weighted by molar-refractivity contribution is -0.00320. The van der Waals surface area contributed by atoms with E-state index in [1.54, 1.807) is 0 Å². The molecule has 0 atom stereocenters. The molecule has 0 unspecified atom stereocenters. The molecule has 8 nitrogen and oxygen atoms in total. The summed E-state index contributed by atoms with van der Waals surface area (Å²) >= 11 is 2.24. The van der Waals surface area contributed by atoms with E-state index in [9.17, 15) is 8.42 Å². The van der Waals surface area contributed by atoms with E-state index >= 15 is 0 Å². The minimum atomic E-state index is -4.38. The van der Waals surface area contributed by atoms with E-state index in [1.165, 1.54) is 0 Å². The van der Waals surface area contributed by atoms with E-state index in [-0.39, 0.29) is 13.2 Å². The summed E-state index contributed by atoms with van der Waals surface area (Å²) in [5, 5.41) is 0. The molecule has 0 aromatic rings. The Morgan fingerprint density at radius 1 is 0.700 bits per heavy atom. The molecular weight excluding hydrogens is 407 g/mol.